The normalized spacial score (nSPS) is 25.3. The van der Waals surface area contributed by atoms with Crippen molar-refractivity contribution in [3.63, 3.8) is 0 Å². The van der Waals surface area contributed by atoms with Crippen molar-refractivity contribution in [2.24, 2.45) is 5.92 Å². The van der Waals surface area contributed by atoms with Crippen LogP contribution in [0, 0.1) is 17.6 Å². The number of amides is 2. The Bertz CT molecular complexity index is 1310. The Morgan fingerprint density at radius 2 is 1.84 bits per heavy atom. The van der Waals surface area contributed by atoms with Crippen LogP contribution in [-0.2, 0) is 25.7 Å². The van der Waals surface area contributed by atoms with Crippen LogP contribution in [0.15, 0.2) is 42.5 Å². The zero-order chi connectivity index (χ0) is 31.3. The number of carbonyl (C=O) groups excluding carboxylic acids is 3. The molecule has 1 heterocycles. The van der Waals surface area contributed by atoms with Crippen LogP contribution in [0.25, 0.3) is 0 Å². The highest BCUT2D eigenvalue weighted by Gasteiger charge is 2.52. The van der Waals surface area contributed by atoms with Gasteiger partial charge in [0.05, 0.1) is 24.9 Å². The second-order valence-corrected chi connectivity index (χ2v) is 11.2. The molecule has 234 valence electrons. The fraction of sp³-hybridized carbons (Fsp3) is 0.483. The summed E-state index contributed by atoms with van der Waals surface area (Å²) in [6.07, 6.45) is -5.38. The van der Waals surface area contributed by atoms with Gasteiger partial charge in [-0.05, 0) is 49.1 Å². The van der Waals surface area contributed by atoms with Gasteiger partial charge in [0.1, 0.15) is 18.2 Å². The number of carbonyl (C=O) groups is 3. The van der Waals surface area contributed by atoms with Crippen LogP contribution in [0.4, 0.5) is 8.78 Å². The molecule has 0 aromatic heterocycles. The van der Waals surface area contributed by atoms with Gasteiger partial charge >= 0.3 is 0 Å². The molecule has 6 atom stereocenters. The molecule has 0 unspecified atom stereocenters. The number of benzene rings is 2. The molecule has 11 nitrogen and oxygen atoms in total. The molecular weight excluding hydrogens is 594 g/mol. The number of ether oxygens (including phenoxy) is 2. The molecule has 2 aromatic carbocycles. The Morgan fingerprint density at radius 1 is 1.14 bits per heavy atom. The van der Waals surface area contributed by atoms with E-state index in [1.807, 2.05) is 0 Å². The Hall–Kier alpha value is -3.20. The van der Waals surface area contributed by atoms with Crippen molar-refractivity contribution in [3.05, 3.63) is 70.2 Å². The summed E-state index contributed by atoms with van der Waals surface area (Å²) >= 11 is 5.83. The number of nitrogens with one attached hydrogen (secondary N) is 2. The zero-order valence-corrected chi connectivity index (χ0v) is 23.6. The maximum atomic E-state index is 14.2. The lowest BCUT2D eigenvalue weighted by Crippen LogP contribution is -2.69. The van der Waals surface area contributed by atoms with E-state index in [0.29, 0.717) is 5.02 Å². The number of aliphatic hydroxyl groups excluding tert-OH is 3. The molecule has 43 heavy (non-hydrogen) atoms. The highest BCUT2D eigenvalue weighted by Crippen LogP contribution is 2.35. The third kappa shape index (κ3) is 7.85. The molecule has 2 aromatic rings. The molecule has 5 N–H and O–H groups in total. The highest BCUT2D eigenvalue weighted by molar-refractivity contribution is 6.30. The van der Waals surface area contributed by atoms with Crippen LogP contribution in [0.2, 0.25) is 5.02 Å². The van der Waals surface area contributed by atoms with E-state index in [9.17, 15) is 43.6 Å². The molecule has 1 saturated carbocycles. The third-order valence-electron chi connectivity index (χ3n) is 7.71. The lowest BCUT2D eigenvalue weighted by molar-refractivity contribution is -0.383. The van der Waals surface area contributed by atoms with Gasteiger partial charge in [-0.1, -0.05) is 30.2 Å². The largest absolute Gasteiger partial charge is 0.544 e. The first-order valence-corrected chi connectivity index (χ1v) is 14.1. The average Bonchev–Trinajstić information content (AvgIpc) is 2.95. The standard InChI is InChI=1S/C29H33ClF2N2O9/c30-18-9-7-16(8-10-18)27(39)33-13-21(36)25(38)26-24(34-22(37)11-15-3-1-4-15)20(35)12-29(43-26,28(40)41)42-14-17-5-2-6-19(31)23(17)32/h2,5-10,15,20-21,24-26,35-36,38H,1,3-4,11-14H2,(H,33,39)(H,34,37)(H,40,41)/p-1/t20-,21-,24+,25+,26+,29-/m1/s1. The van der Waals surface area contributed by atoms with Crippen molar-refractivity contribution in [1.82, 2.24) is 10.6 Å². The molecule has 1 saturated heterocycles. The molecule has 0 radical (unpaired) electrons. The number of carboxylic acids is 1. The maximum Gasteiger partial charge on any atom is 0.251 e. The Kier molecular flexibility index (Phi) is 10.7. The molecule has 0 spiro atoms. The lowest BCUT2D eigenvalue weighted by atomic mass is 9.82. The number of hydrogen-bond acceptors (Lipinski definition) is 9. The van der Waals surface area contributed by atoms with E-state index in [1.54, 1.807) is 0 Å². The summed E-state index contributed by atoms with van der Waals surface area (Å²) in [7, 11) is 0. The minimum absolute atomic E-state index is 0.118. The SMILES string of the molecule is O=C(CC1CCC1)N[C@@H]1[C@@H]([C@@H](O)[C@H](O)CNC(=O)c2ccc(Cl)cc2)O[C@@](OCc2cccc(F)c2F)(C(=O)[O-])C[C@H]1O. The van der Waals surface area contributed by atoms with E-state index in [0.717, 1.165) is 31.4 Å². The maximum absolute atomic E-state index is 14.2. The molecule has 4 rings (SSSR count). The van der Waals surface area contributed by atoms with E-state index in [1.165, 1.54) is 30.3 Å². The minimum Gasteiger partial charge on any atom is -0.544 e. The van der Waals surface area contributed by atoms with Crippen molar-refractivity contribution in [1.29, 1.82) is 0 Å². The zero-order valence-electron chi connectivity index (χ0n) is 22.9. The Labute approximate surface area is 250 Å². The second kappa shape index (κ2) is 14.1. The van der Waals surface area contributed by atoms with E-state index < -0.39 is 85.2 Å². The van der Waals surface area contributed by atoms with Gasteiger partial charge in [0.25, 0.3) is 5.91 Å². The van der Waals surface area contributed by atoms with Crippen molar-refractivity contribution in [3.8, 4) is 0 Å². The van der Waals surface area contributed by atoms with Crippen molar-refractivity contribution in [2.45, 2.75) is 75.0 Å². The molecule has 14 heteroatoms. The van der Waals surface area contributed by atoms with Gasteiger partial charge in [0.2, 0.25) is 11.7 Å². The minimum atomic E-state index is -2.80. The van der Waals surface area contributed by atoms with Crippen LogP contribution in [0.1, 0.15) is 48.0 Å². The summed E-state index contributed by atoms with van der Waals surface area (Å²) in [4.78, 5) is 37.5. The van der Waals surface area contributed by atoms with Gasteiger partial charge in [0, 0.05) is 35.5 Å². The number of aliphatic carboxylic acids is 1. The molecule has 2 fully saturated rings. The van der Waals surface area contributed by atoms with Gasteiger partial charge in [-0.3, -0.25) is 9.59 Å². The molecule has 2 amide bonds. The first-order chi connectivity index (χ1) is 20.4. The number of halogens is 3. The number of carboxylic acid groups (broad SMARTS) is 1. The summed E-state index contributed by atoms with van der Waals surface area (Å²) < 4.78 is 38.9. The van der Waals surface area contributed by atoms with Crippen LogP contribution in [0.5, 0.6) is 0 Å². The van der Waals surface area contributed by atoms with Crippen LogP contribution in [-0.4, -0.2) is 75.9 Å². The fourth-order valence-electron chi connectivity index (χ4n) is 5.00. The van der Waals surface area contributed by atoms with E-state index in [2.05, 4.69) is 10.6 Å². The van der Waals surface area contributed by atoms with Crippen LogP contribution in [0.3, 0.4) is 0 Å². The third-order valence-corrected chi connectivity index (χ3v) is 7.96. The number of aliphatic hydroxyl groups is 3. The first kappa shape index (κ1) is 32.7. The molecule has 1 aliphatic carbocycles. The first-order valence-electron chi connectivity index (χ1n) is 13.7. The molecule has 0 bridgehead atoms. The topological polar surface area (TPSA) is 177 Å². The summed E-state index contributed by atoms with van der Waals surface area (Å²) in [5, 5.41) is 50.6. The summed E-state index contributed by atoms with van der Waals surface area (Å²) in [6, 6.07) is 7.56. The van der Waals surface area contributed by atoms with Crippen LogP contribution >= 0.6 is 11.6 Å². The average molecular weight is 626 g/mol. The van der Waals surface area contributed by atoms with Crippen molar-refractivity contribution < 1.29 is 53.1 Å². The quantitative estimate of drug-likeness (QED) is 0.225. The summed E-state index contributed by atoms with van der Waals surface area (Å²) in [5.74, 6) is -8.30. The Balaban J connectivity index is 1.53. The summed E-state index contributed by atoms with van der Waals surface area (Å²) in [5.41, 5.74) is -0.165. The molecule has 1 aliphatic heterocycles. The monoisotopic (exact) mass is 625 g/mol. The van der Waals surface area contributed by atoms with Crippen molar-refractivity contribution in [2.75, 3.05) is 6.54 Å². The predicted octanol–water partition coefficient (Wildman–Crippen LogP) is 0.558. The van der Waals surface area contributed by atoms with Crippen molar-refractivity contribution >= 4 is 29.4 Å². The predicted molar refractivity (Wildman–Crippen MR) is 144 cm³/mol. The lowest BCUT2D eigenvalue weighted by Gasteiger charge is -2.49. The van der Waals surface area contributed by atoms with Gasteiger partial charge in [-0.2, -0.15) is 0 Å². The summed E-state index contributed by atoms with van der Waals surface area (Å²) in [6.45, 7) is -1.37. The van der Waals surface area contributed by atoms with E-state index in [4.69, 9.17) is 21.1 Å². The Morgan fingerprint density at radius 3 is 2.47 bits per heavy atom. The van der Waals surface area contributed by atoms with E-state index >= 15 is 0 Å². The molecular formula is C29H32ClF2N2O9-. The van der Waals surface area contributed by atoms with Gasteiger partial charge in [0.15, 0.2) is 11.6 Å². The van der Waals surface area contributed by atoms with Gasteiger partial charge < -0.3 is 45.3 Å². The van der Waals surface area contributed by atoms with E-state index in [-0.39, 0.29) is 23.5 Å². The highest BCUT2D eigenvalue weighted by atomic mass is 35.5. The van der Waals surface area contributed by atoms with Gasteiger partial charge in [-0.25, -0.2) is 8.78 Å². The fourth-order valence-corrected chi connectivity index (χ4v) is 5.13. The second-order valence-electron chi connectivity index (χ2n) is 10.8. The smallest absolute Gasteiger partial charge is 0.251 e. The van der Waals surface area contributed by atoms with Gasteiger partial charge in [-0.15, -0.1) is 0 Å². The molecule has 2 aliphatic rings. The number of rotatable bonds is 12. The number of hydrogen-bond donors (Lipinski definition) is 5. The van der Waals surface area contributed by atoms with Crippen LogP contribution < -0.4 is 15.7 Å².